The van der Waals surface area contributed by atoms with Crippen LogP contribution in [0.4, 0.5) is 0 Å². The summed E-state index contributed by atoms with van der Waals surface area (Å²) in [5.74, 6) is -0.140. The molecule has 4 nitrogen and oxygen atoms in total. The normalized spacial score (nSPS) is 19.2. The third-order valence-corrected chi connectivity index (χ3v) is 5.29. The summed E-state index contributed by atoms with van der Waals surface area (Å²) in [4.78, 5) is 24.5. The molecular weight excluding hydrogens is 350 g/mol. The summed E-state index contributed by atoms with van der Waals surface area (Å²) in [7, 11) is 0. The number of carbonyl (C=O) groups excluding carboxylic acids is 2. The van der Waals surface area contributed by atoms with Gasteiger partial charge in [0.1, 0.15) is 6.10 Å². The first kappa shape index (κ1) is 20.1. The van der Waals surface area contributed by atoms with Gasteiger partial charge in [-0.25, -0.2) is 0 Å². The molecular formula is C24H29NO3. The van der Waals surface area contributed by atoms with E-state index in [9.17, 15) is 9.59 Å². The number of hydrogen-bond acceptors (Lipinski definition) is 3. The Balaban J connectivity index is 1.70. The van der Waals surface area contributed by atoms with Gasteiger partial charge in [-0.15, -0.1) is 0 Å². The fraction of sp³-hybridized carbons (Fsp3) is 0.417. The van der Waals surface area contributed by atoms with Crippen molar-refractivity contribution in [2.24, 2.45) is 5.92 Å². The first-order valence-electron chi connectivity index (χ1n) is 9.99. The van der Waals surface area contributed by atoms with Crippen LogP contribution in [0.25, 0.3) is 0 Å². The predicted octanol–water partition coefficient (Wildman–Crippen LogP) is 4.33. The highest BCUT2D eigenvalue weighted by molar-refractivity contribution is 5.78. The van der Waals surface area contributed by atoms with Gasteiger partial charge in [-0.1, -0.05) is 62.4 Å². The highest BCUT2D eigenvalue weighted by Crippen LogP contribution is 2.34. The number of ether oxygens (including phenoxy) is 1. The number of amides is 1. The Kier molecular flexibility index (Phi) is 6.18. The molecule has 3 atom stereocenters. The second-order valence-electron chi connectivity index (χ2n) is 8.12. The Morgan fingerprint density at radius 3 is 2.39 bits per heavy atom. The smallest absolute Gasteiger partial charge is 0.313 e. The van der Waals surface area contributed by atoms with Crippen molar-refractivity contribution in [2.45, 2.75) is 58.6 Å². The molecule has 0 unspecified atom stereocenters. The van der Waals surface area contributed by atoms with Crippen LogP contribution in [0.15, 0.2) is 48.5 Å². The summed E-state index contributed by atoms with van der Waals surface area (Å²) in [6.45, 7) is 7.74. The summed E-state index contributed by atoms with van der Waals surface area (Å²) < 4.78 is 5.86. The summed E-state index contributed by atoms with van der Waals surface area (Å²) in [5, 5.41) is 2.94. The van der Waals surface area contributed by atoms with Crippen molar-refractivity contribution < 1.29 is 14.3 Å². The molecule has 0 heterocycles. The molecule has 1 aliphatic carbocycles. The number of hydrogen-bond donors (Lipinski definition) is 1. The number of carbonyl (C=O) groups is 2. The average Bonchev–Trinajstić information content (AvgIpc) is 2.98. The van der Waals surface area contributed by atoms with Gasteiger partial charge in [-0.3, -0.25) is 9.59 Å². The maximum Gasteiger partial charge on any atom is 0.313 e. The lowest BCUT2D eigenvalue weighted by molar-refractivity contribution is -0.152. The monoisotopic (exact) mass is 379 g/mol. The van der Waals surface area contributed by atoms with E-state index in [1.54, 1.807) is 0 Å². The molecule has 0 aromatic heterocycles. The van der Waals surface area contributed by atoms with E-state index >= 15 is 0 Å². The van der Waals surface area contributed by atoms with Crippen molar-refractivity contribution in [1.82, 2.24) is 5.32 Å². The standard InChI is InChI=1S/C24H29NO3/c1-15(2)13-18-9-11-19(12-10-18)16(3)24(27)28-22-14-20-7-5-6-8-21(20)23(22)25-17(4)26/h5-12,15-16,22-23H,13-14H2,1-4H3,(H,25,26)/t16-,22+,23-/m1/s1. The fourth-order valence-electron chi connectivity index (χ4n) is 3.86. The molecule has 0 aliphatic heterocycles. The lowest BCUT2D eigenvalue weighted by Gasteiger charge is -2.23. The van der Waals surface area contributed by atoms with Crippen LogP contribution in [-0.2, 0) is 27.2 Å². The van der Waals surface area contributed by atoms with Gasteiger partial charge < -0.3 is 10.1 Å². The van der Waals surface area contributed by atoms with E-state index in [0.717, 1.165) is 23.1 Å². The minimum absolute atomic E-state index is 0.128. The van der Waals surface area contributed by atoms with E-state index in [1.807, 2.05) is 43.3 Å². The molecule has 0 saturated carbocycles. The van der Waals surface area contributed by atoms with E-state index in [0.29, 0.717) is 12.3 Å². The van der Waals surface area contributed by atoms with Crippen molar-refractivity contribution >= 4 is 11.9 Å². The molecule has 3 rings (SSSR count). The molecule has 4 heteroatoms. The second-order valence-corrected chi connectivity index (χ2v) is 8.12. The first-order chi connectivity index (χ1) is 13.3. The SMILES string of the molecule is CC(=O)N[C@@H]1c2ccccc2C[C@@H]1OC(=O)[C@H](C)c1ccc(CC(C)C)cc1. The molecule has 0 spiro atoms. The highest BCUT2D eigenvalue weighted by Gasteiger charge is 2.36. The van der Waals surface area contributed by atoms with Crippen molar-refractivity contribution in [3.63, 3.8) is 0 Å². The minimum atomic E-state index is -0.378. The third kappa shape index (κ3) is 4.61. The summed E-state index contributed by atoms with van der Waals surface area (Å²) in [5.41, 5.74) is 4.37. The molecule has 148 valence electrons. The number of nitrogens with one attached hydrogen (secondary N) is 1. The van der Waals surface area contributed by atoms with E-state index < -0.39 is 0 Å². The van der Waals surface area contributed by atoms with E-state index in [2.05, 4.69) is 31.3 Å². The van der Waals surface area contributed by atoms with Crippen molar-refractivity contribution in [2.75, 3.05) is 0 Å². The fourth-order valence-corrected chi connectivity index (χ4v) is 3.86. The van der Waals surface area contributed by atoms with Crippen molar-refractivity contribution in [3.05, 3.63) is 70.8 Å². The molecule has 0 radical (unpaired) electrons. The molecule has 1 N–H and O–H groups in total. The molecule has 28 heavy (non-hydrogen) atoms. The number of esters is 1. The molecule has 1 amide bonds. The zero-order chi connectivity index (χ0) is 20.3. The first-order valence-corrected chi connectivity index (χ1v) is 9.99. The average molecular weight is 380 g/mol. The number of fused-ring (bicyclic) bond motifs is 1. The van der Waals surface area contributed by atoms with E-state index in [-0.39, 0.29) is 29.9 Å². The van der Waals surface area contributed by atoms with Gasteiger partial charge in [0.05, 0.1) is 12.0 Å². The number of rotatable bonds is 6. The summed E-state index contributed by atoms with van der Waals surface area (Å²) in [6, 6.07) is 15.8. The van der Waals surface area contributed by atoms with Crippen LogP contribution >= 0.6 is 0 Å². The predicted molar refractivity (Wildman–Crippen MR) is 110 cm³/mol. The van der Waals surface area contributed by atoms with Crippen molar-refractivity contribution in [3.8, 4) is 0 Å². The lowest BCUT2D eigenvalue weighted by atomic mass is 9.97. The zero-order valence-electron chi connectivity index (χ0n) is 17.1. The molecule has 0 saturated heterocycles. The van der Waals surface area contributed by atoms with Crippen LogP contribution in [0.1, 0.15) is 61.9 Å². The van der Waals surface area contributed by atoms with Gasteiger partial charge in [0.15, 0.2) is 0 Å². The van der Waals surface area contributed by atoms with Crippen LogP contribution in [0, 0.1) is 5.92 Å². The minimum Gasteiger partial charge on any atom is -0.459 e. The van der Waals surface area contributed by atoms with Crippen molar-refractivity contribution in [1.29, 1.82) is 0 Å². The Hall–Kier alpha value is -2.62. The maximum atomic E-state index is 12.8. The molecule has 0 fully saturated rings. The summed E-state index contributed by atoms with van der Waals surface area (Å²) in [6.07, 6.45) is 1.27. The Morgan fingerprint density at radius 1 is 1.07 bits per heavy atom. The maximum absolute atomic E-state index is 12.8. The van der Waals surface area contributed by atoms with Gasteiger partial charge in [0.25, 0.3) is 0 Å². The van der Waals surface area contributed by atoms with Crippen LogP contribution < -0.4 is 5.32 Å². The Morgan fingerprint density at radius 2 is 1.75 bits per heavy atom. The van der Waals surface area contributed by atoms with Gasteiger partial charge in [-0.2, -0.15) is 0 Å². The zero-order valence-corrected chi connectivity index (χ0v) is 17.1. The van der Waals surface area contributed by atoms with Crippen LogP contribution in [-0.4, -0.2) is 18.0 Å². The topological polar surface area (TPSA) is 55.4 Å². The third-order valence-electron chi connectivity index (χ3n) is 5.29. The van der Waals surface area contributed by atoms with Gasteiger partial charge >= 0.3 is 5.97 Å². The lowest BCUT2D eigenvalue weighted by Crippen LogP contribution is -2.35. The van der Waals surface area contributed by atoms with Gasteiger partial charge in [0.2, 0.25) is 5.91 Å². The molecule has 2 aromatic carbocycles. The largest absolute Gasteiger partial charge is 0.459 e. The van der Waals surface area contributed by atoms with E-state index in [4.69, 9.17) is 4.74 Å². The van der Waals surface area contributed by atoms with Gasteiger partial charge in [-0.05, 0) is 41.5 Å². The quantitative estimate of drug-likeness (QED) is 0.760. The highest BCUT2D eigenvalue weighted by atomic mass is 16.5. The summed E-state index contributed by atoms with van der Waals surface area (Å²) >= 11 is 0. The van der Waals surface area contributed by atoms with Gasteiger partial charge in [0, 0.05) is 13.3 Å². The Labute approximate surface area is 167 Å². The number of benzene rings is 2. The van der Waals surface area contributed by atoms with Crippen LogP contribution in [0.3, 0.4) is 0 Å². The second kappa shape index (κ2) is 8.59. The molecule has 2 aromatic rings. The van der Waals surface area contributed by atoms with Crippen LogP contribution in [0.2, 0.25) is 0 Å². The molecule has 0 bridgehead atoms. The van der Waals surface area contributed by atoms with E-state index in [1.165, 1.54) is 12.5 Å². The molecule has 1 aliphatic rings. The van der Waals surface area contributed by atoms with Crippen LogP contribution in [0.5, 0.6) is 0 Å². The Bertz CT molecular complexity index is 841.